The lowest BCUT2D eigenvalue weighted by atomic mass is 10.2. The summed E-state index contributed by atoms with van der Waals surface area (Å²) < 4.78 is 0. The fraction of sp³-hybridized carbons (Fsp3) is 0.800. The fourth-order valence-corrected chi connectivity index (χ4v) is 1.83. The SMILES string of the molecule is N#CC(NC(=O)N1CCCC1)C1CC1. The molecular weight excluding hydrogens is 178 g/mol. The number of nitrogens with one attached hydrogen (secondary N) is 1. The molecule has 1 heterocycles. The van der Waals surface area contributed by atoms with Gasteiger partial charge in [-0.3, -0.25) is 0 Å². The second-order valence-electron chi connectivity index (χ2n) is 4.09. The third kappa shape index (κ3) is 1.98. The van der Waals surface area contributed by atoms with E-state index in [2.05, 4.69) is 11.4 Å². The molecule has 1 N–H and O–H groups in total. The predicted octanol–water partition coefficient (Wildman–Crippen LogP) is 1.09. The quantitative estimate of drug-likeness (QED) is 0.713. The molecule has 1 saturated carbocycles. The highest BCUT2D eigenvalue weighted by Gasteiger charge is 2.33. The van der Waals surface area contributed by atoms with Crippen LogP contribution in [0.2, 0.25) is 0 Å². The average Bonchev–Trinajstić information content (AvgIpc) is 2.88. The highest BCUT2D eigenvalue weighted by Crippen LogP contribution is 2.32. The Labute approximate surface area is 83.9 Å². The molecular formula is C10H15N3O. The van der Waals surface area contributed by atoms with Crippen molar-refractivity contribution in [2.24, 2.45) is 5.92 Å². The van der Waals surface area contributed by atoms with Crippen molar-refractivity contribution < 1.29 is 4.79 Å². The molecule has 0 aromatic rings. The second kappa shape index (κ2) is 3.87. The third-order valence-corrected chi connectivity index (χ3v) is 2.90. The fourth-order valence-electron chi connectivity index (χ4n) is 1.83. The van der Waals surface area contributed by atoms with Crippen LogP contribution in [0, 0.1) is 17.2 Å². The van der Waals surface area contributed by atoms with E-state index < -0.39 is 0 Å². The Hall–Kier alpha value is -1.24. The van der Waals surface area contributed by atoms with Gasteiger partial charge in [0, 0.05) is 13.1 Å². The van der Waals surface area contributed by atoms with Gasteiger partial charge in [-0.05, 0) is 31.6 Å². The number of likely N-dealkylation sites (tertiary alicyclic amines) is 1. The summed E-state index contributed by atoms with van der Waals surface area (Å²) in [7, 11) is 0. The van der Waals surface area contributed by atoms with Crippen LogP contribution >= 0.6 is 0 Å². The monoisotopic (exact) mass is 193 g/mol. The van der Waals surface area contributed by atoms with Gasteiger partial charge in [0.1, 0.15) is 6.04 Å². The summed E-state index contributed by atoms with van der Waals surface area (Å²) in [5.41, 5.74) is 0. The number of nitrogens with zero attached hydrogens (tertiary/aromatic N) is 2. The Morgan fingerprint density at radius 1 is 1.43 bits per heavy atom. The summed E-state index contributed by atoms with van der Waals surface area (Å²) in [4.78, 5) is 13.4. The Balaban J connectivity index is 1.83. The average molecular weight is 193 g/mol. The molecule has 0 aromatic carbocycles. The molecule has 0 spiro atoms. The number of hydrogen-bond acceptors (Lipinski definition) is 2. The van der Waals surface area contributed by atoms with E-state index in [0.717, 1.165) is 38.8 Å². The van der Waals surface area contributed by atoms with Crippen molar-refractivity contribution in [3.8, 4) is 6.07 Å². The molecule has 0 radical (unpaired) electrons. The molecule has 0 aromatic heterocycles. The van der Waals surface area contributed by atoms with Gasteiger partial charge in [0.05, 0.1) is 6.07 Å². The maximum absolute atomic E-state index is 11.6. The number of carbonyl (C=O) groups excluding carboxylic acids is 1. The first-order valence-corrected chi connectivity index (χ1v) is 5.26. The number of hydrogen-bond donors (Lipinski definition) is 1. The van der Waals surface area contributed by atoms with Gasteiger partial charge in [-0.15, -0.1) is 0 Å². The van der Waals surface area contributed by atoms with Crippen molar-refractivity contribution in [2.75, 3.05) is 13.1 Å². The van der Waals surface area contributed by atoms with Crippen LogP contribution in [0.3, 0.4) is 0 Å². The standard InChI is InChI=1S/C10H15N3O/c11-7-9(8-3-4-8)12-10(14)13-5-1-2-6-13/h8-9H,1-6H2,(H,12,14). The van der Waals surface area contributed by atoms with Gasteiger partial charge in [-0.1, -0.05) is 0 Å². The smallest absolute Gasteiger partial charge is 0.318 e. The molecule has 76 valence electrons. The minimum absolute atomic E-state index is 0.0547. The van der Waals surface area contributed by atoms with Crippen LogP contribution in [-0.4, -0.2) is 30.1 Å². The maximum atomic E-state index is 11.6. The highest BCUT2D eigenvalue weighted by atomic mass is 16.2. The molecule has 0 bridgehead atoms. The van der Waals surface area contributed by atoms with Crippen molar-refractivity contribution in [3.63, 3.8) is 0 Å². The van der Waals surface area contributed by atoms with Crippen molar-refractivity contribution in [2.45, 2.75) is 31.7 Å². The third-order valence-electron chi connectivity index (χ3n) is 2.90. The maximum Gasteiger partial charge on any atom is 0.318 e. The first-order valence-electron chi connectivity index (χ1n) is 5.26. The number of rotatable bonds is 2. The Morgan fingerprint density at radius 2 is 2.07 bits per heavy atom. The van der Waals surface area contributed by atoms with Crippen LogP contribution in [0.4, 0.5) is 4.79 Å². The van der Waals surface area contributed by atoms with Crippen molar-refractivity contribution in [3.05, 3.63) is 0 Å². The van der Waals surface area contributed by atoms with Crippen LogP contribution in [-0.2, 0) is 0 Å². The zero-order valence-corrected chi connectivity index (χ0v) is 8.20. The molecule has 2 fully saturated rings. The summed E-state index contributed by atoms with van der Waals surface area (Å²) in [6.45, 7) is 1.68. The Kier molecular flexibility index (Phi) is 2.58. The first kappa shape index (κ1) is 9.32. The zero-order valence-electron chi connectivity index (χ0n) is 8.20. The molecule has 2 rings (SSSR count). The van der Waals surface area contributed by atoms with E-state index in [1.807, 2.05) is 0 Å². The minimum atomic E-state index is -0.261. The predicted molar refractivity (Wildman–Crippen MR) is 51.5 cm³/mol. The van der Waals surface area contributed by atoms with Crippen molar-refractivity contribution >= 4 is 6.03 Å². The van der Waals surface area contributed by atoms with Crippen LogP contribution in [0.15, 0.2) is 0 Å². The Morgan fingerprint density at radius 3 is 2.57 bits per heavy atom. The molecule has 2 aliphatic rings. The molecule has 14 heavy (non-hydrogen) atoms. The summed E-state index contributed by atoms with van der Waals surface area (Å²) in [6, 6.07) is 1.84. The van der Waals surface area contributed by atoms with E-state index in [1.165, 1.54) is 0 Å². The zero-order chi connectivity index (χ0) is 9.97. The van der Waals surface area contributed by atoms with Crippen LogP contribution in [0.25, 0.3) is 0 Å². The highest BCUT2D eigenvalue weighted by molar-refractivity contribution is 5.75. The molecule has 2 amide bonds. The lowest BCUT2D eigenvalue weighted by Gasteiger charge is -2.18. The molecule has 1 saturated heterocycles. The van der Waals surface area contributed by atoms with Gasteiger partial charge in [0.25, 0.3) is 0 Å². The second-order valence-corrected chi connectivity index (χ2v) is 4.09. The minimum Gasteiger partial charge on any atom is -0.325 e. The van der Waals surface area contributed by atoms with Crippen LogP contribution < -0.4 is 5.32 Å². The number of nitriles is 1. The Bertz CT molecular complexity index is 261. The topological polar surface area (TPSA) is 56.1 Å². The normalized spacial score (nSPS) is 22.9. The van der Waals surface area contributed by atoms with Gasteiger partial charge in [0.15, 0.2) is 0 Å². The van der Waals surface area contributed by atoms with Crippen LogP contribution in [0.1, 0.15) is 25.7 Å². The lowest BCUT2D eigenvalue weighted by Crippen LogP contribution is -2.43. The number of amides is 2. The van der Waals surface area contributed by atoms with E-state index in [-0.39, 0.29) is 12.1 Å². The molecule has 1 aliphatic carbocycles. The molecule has 4 heteroatoms. The number of urea groups is 1. The van der Waals surface area contributed by atoms with Gasteiger partial charge < -0.3 is 10.2 Å². The van der Waals surface area contributed by atoms with Crippen molar-refractivity contribution in [1.29, 1.82) is 5.26 Å². The summed E-state index contributed by atoms with van der Waals surface area (Å²) in [5.74, 6) is 0.409. The van der Waals surface area contributed by atoms with Gasteiger partial charge in [-0.25, -0.2) is 4.79 Å². The van der Waals surface area contributed by atoms with Gasteiger partial charge in [0.2, 0.25) is 0 Å². The van der Waals surface area contributed by atoms with E-state index in [0.29, 0.717) is 5.92 Å². The van der Waals surface area contributed by atoms with E-state index >= 15 is 0 Å². The largest absolute Gasteiger partial charge is 0.325 e. The van der Waals surface area contributed by atoms with Gasteiger partial charge >= 0.3 is 6.03 Å². The molecule has 1 aliphatic heterocycles. The number of carbonyl (C=O) groups is 1. The summed E-state index contributed by atoms with van der Waals surface area (Å²) in [6.07, 6.45) is 4.35. The van der Waals surface area contributed by atoms with E-state index in [9.17, 15) is 4.79 Å². The van der Waals surface area contributed by atoms with E-state index in [4.69, 9.17) is 5.26 Å². The molecule has 1 atom stereocenters. The lowest BCUT2D eigenvalue weighted by molar-refractivity contribution is 0.206. The van der Waals surface area contributed by atoms with E-state index in [1.54, 1.807) is 4.90 Å². The molecule has 1 unspecified atom stereocenters. The summed E-state index contributed by atoms with van der Waals surface area (Å²) in [5, 5.41) is 11.6. The van der Waals surface area contributed by atoms with Crippen molar-refractivity contribution in [1.82, 2.24) is 10.2 Å². The van der Waals surface area contributed by atoms with Crippen LogP contribution in [0.5, 0.6) is 0 Å². The summed E-state index contributed by atoms with van der Waals surface area (Å²) >= 11 is 0. The van der Waals surface area contributed by atoms with Gasteiger partial charge in [-0.2, -0.15) is 5.26 Å². The molecule has 4 nitrogen and oxygen atoms in total. The first-order chi connectivity index (χ1) is 6.81.